The summed E-state index contributed by atoms with van der Waals surface area (Å²) in [6.07, 6.45) is 2.80. The molecule has 0 bridgehead atoms. The fourth-order valence-corrected chi connectivity index (χ4v) is 3.66. The van der Waals surface area contributed by atoms with E-state index >= 15 is 0 Å². The van der Waals surface area contributed by atoms with Gasteiger partial charge in [0.2, 0.25) is 5.91 Å². The maximum absolute atomic E-state index is 13.1. The molecule has 5 heteroatoms. The van der Waals surface area contributed by atoms with Crippen LogP contribution in [-0.2, 0) is 9.53 Å². The van der Waals surface area contributed by atoms with E-state index in [1.807, 2.05) is 30.0 Å². The van der Waals surface area contributed by atoms with Crippen molar-refractivity contribution in [1.29, 1.82) is 0 Å². The minimum atomic E-state index is -0.0902. The van der Waals surface area contributed by atoms with Crippen LogP contribution in [0.3, 0.4) is 0 Å². The second kappa shape index (κ2) is 8.15. The van der Waals surface area contributed by atoms with Crippen molar-refractivity contribution in [1.82, 2.24) is 4.90 Å². The van der Waals surface area contributed by atoms with E-state index in [0.29, 0.717) is 36.7 Å². The summed E-state index contributed by atoms with van der Waals surface area (Å²) in [5, 5.41) is 2.81. The molecule has 5 nitrogen and oxygen atoms in total. The normalized spacial score (nSPS) is 22.0. The second-order valence-corrected chi connectivity index (χ2v) is 7.60. The van der Waals surface area contributed by atoms with Gasteiger partial charge in [-0.2, -0.15) is 0 Å². The van der Waals surface area contributed by atoms with Gasteiger partial charge in [-0.25, -0.2) is 0 Å². The summed E-state index contributed by atoms with van der Waals surface area (Å²) in [7, 11) is 0. The molecule has 28 heavy (non-hydrogen) atoms. The Morgan fingerprint density at radius 3 is 2.39 bits per heavy atom. The molecule has 1 aliphatic heterocycles. The molecule has 2 aromatic rings. The maximum atomic E-state index is 13.1. The minimum absolute atomic E-state index is 0.0169. The smallest absolute Gasteiger partial charge is 0.254 e. The van der Waals surface area contributed by atoms with Crippen molar-refractivity contribution in [2.45, 2.75) is 38.4 Å². The van der Waals surface area contributed by atoms with E-state index in [2.05, 4.69) is 17.4 Å². The van der Waals surface area contributed by atoms with Gasteiger partial charge in [0, 0.05) is 24.2 Å². The predicted octanol–water partition coefficient (Wildman–Crippen LogP) is 4.03. The quantitative estimate of drug-likeness (QED) is 0.855. The van der Waals surface area contributed by atoms with Gasteiger partial charge in [-0.15, -0.1) is 0 Å². The van der Waals surface area contributed by atoms with Crippen molar-refractivity contribution in [2.75, 3.05) is 18.4 Å². The van der Waals surface area contributed by atoms with E-state index in [-0.39, 0.29) is 24.0 Å². The zero-order valence-electron chi connectivity index (χ0n) is 16.1. The van der Waals surface area contributed by atoms with Crippen LogP contribution < -0.4 is 5.32 Å². The number of morpholine rings is 1. The highest BCUT2D eigenvalue weighted by atomic mass is 16.5. The molecule has 0 aromatic heterocycles. The van der Waals surface area contributed by atoms with E-state index in [1.165, 1.54) is 12.8 Å². The molecule has 2 fully saturated rings. The van der Waals surface area contributed by atoms with Crippen LogP contribution in [0, 0.1) is 5.92 Å². The first kappa shape index (κ1) is 18.7. The van der Waals surface area contributed by atoms with Gasteiger partial charge in [-0.3, -0.25) is 9.59 Å². The molecular formula is C23H26N2O3. The van der Waals surface area contributed by atoms with Crippen LogP contribution in [0.4, 0.5) is 5.69 Å². The SMILES string of the molecule is CCC(=O)Nc1ccc(C(=O)N2C[C@@H](c3ccccc3)O[C@@H](C3CC3)C2)cc1. The summed E-state index contributed by atoms with van der Waals surface area (Å²) in [6.45, 7) is 3.01. The second-order valence-electron chi connectivity index (χ2n) is 7.60. The first-order chi connectivity index (χ1) is 13.6. The molecule has 1 saturated heterocycles. The number of amides is 2. The fraction of sp³-hybridized carbons (Fsp3) is 0.391. The number of carbonyl (C=O) groups is 2. The summed E-state index contributed by atoms with van der Waals surface area (Å²) in [6, 6.07) is 17.3. The maximum Gasteiger partial charge on any atom is 0.254 e. The topological polar surface area (TPSA) is 58.6 Å². The third-order valence-corrected chi connectivity index (χ3v) is 5.47. The molecule has 1 N–H and O–H groups in total. The molecular weight excluding hydrogens is 352 g/mol. The number of carbonyl (C=O) groups excluding carboxylic acids is 2. The molecule has 2 atom stereocenters. The summed E-state index contributed by atoms with van der Waals surface area (Å²) in [4.78, 5) is 26.6. The van der Waals surface area contributed by atoms with E-state index < -0.39 is 0 Å². The first-order valence-electron chi connectivity index (χ1n) is 10.0. The molecule has 0 spiro atoms. The van der Waals surface area contributed by atoms with E-state index in [0.717, 1.165) is 5.56 Å². The van der Waals surface area contributed by atoms with E-state index in [4.69, 9.17) is 4.74 Å². The zero-order chi connectivity index (χ0) is 19.5. The average molecular weight is 378 g/mol. The van der Waals surface area contributed by atoms with Crippen molar-refractivity contribution in [3.63, 3.8) is 0 Å². The van der Waals surface area contributed by atoms with Crippen LogP contribution in [0.5, 0.6) is 0 Å². The number of nitrogens with zero attached hydrogens (tertiary/aromatic N) is 1. The summed E-state index contributed by atoms with van der Waals surface area (Å²) < 4.78 is 6.35. The molecule has 4 rings (SSSR count). The highest BCUT2D eigenvalue weighted by molar-refractivity contribution is 5.96. The molecule has 146 valence electrons. The van der Waals surface area contributed by atoms with Crippen molar-refractivity contribution in [3.05, 3.63) is 65.7 Å². The minimum Gasteiger partial charge on any atom is -0.366 e. The lowest BCUT2D eigenvalue weighted by Gasteiger charge is -2.38. The Bertz CT molecular complexity index is 831. The number of rotatable bonds is 5. The van der Waals surface area contributed by atoms with Gasteiger partial charge in [-0.1, -0.05) is 37.3 Å². The number of hydrogen-bond donors (Lipinski definition) is 1. The Balaban J connectivity index is 1.49. The van der Waals surface area contributed by atoms with Crippen LogP contribution in [-0.4, -0.2) is 35.9 Å². The number of benzene rings is 2. The van der Waals surface area contributed by atoms with Crippen molar-refractivity contribution < 1.29 is 14.3 Å². The van der Waals surface area contributed by atoms with Gasteiger partial charge in [0.1, 0.15) is 6.10 Å². The van der Waals surface area contributed by atoms with Crippen LogP contribution in [0.1, 0.15) is 48.2 Å². The molecule has 1 heterocycles. The number of anilines is 1. The van der Waals surface area contributed by atoms with Crippen LogP contribution in [0.25, 0.3) is 0 Å². The van der Waals surface area contributed by atoms with Gasteiger partial charge >= 0.3 is 0 Å². The lowest BCUT2D eigenvalue weighted by molar-refractivity contribution is -0.115. The predicted molar refractivity (Wildman–Crippen MR) is 108 cm³/mol. The first-order valence-corrected chi connectivity index (χ1v) is 10.0. The Morgan fingerprint density at radius 2 is 1.75 bits per heavy atom. The number of ether oxygens (including phenoxy) is 1. The van der Waals surface area contributed by atoms with Crippen molar-refractivity contribution in [3.8, 4) is 0 Å². The molecule has 1 saturated carbocycles. The van der Waals surface area contributed by atoms with Crippen LogP contribution in [0.2, 0.25) is 0 Å². The average Bonchev–Trinajstić information content (AvgIpc) is 3.59. The third kappa shape index (κ3) is 4.25. The molecule has 0 unspecified atom stereocenters. The van der Waals surface area contributed by atoms with Gasteiger partial charge in [0.05, 0.1) is 12.6 Å². The molecule has 2 aromatic carbocycles. The monoisotopic (exact) mass is 378 g/mol. The number of nitrogens with one attached hydrogen (secondary N) is 1. The van der Waals surface area contributed by atoms with E-state index in [9.17, 15) is 9.59 Å². The summed E-state index contributed by atoms with van der Waals surface area (Å²) in [5.74, 6) is 0.543. The highest BCUT2D eigenvalue weighted by Gasteiger charge is 2.40. The molecule has 0 radical (unpaired) electrons. The van der Waals surface area contributed by atoms with Gasteiger partial charge in [0.25, 0.3) is 5.91 Å². The van der Waals surface area contributed by atoms with Gasteiger partial charge in [-0.05, 0) is 48.6 Å². The number of hydrogen-bond acceptors (Lipinski definition) is 3. The highest BCUT2D eigenvalue weighted by Crippen LogP contribution is 2.39. The van der Waals surface area contributed by atoms with E-state index in [1.54, 1.807) is 24.3 Å². The summed E-state index contributed by atoms with van der Waals surface area (Å²) in [5.41, 5.74) is 2.46. The van der Waals surface area contributed by atoms with Crippen LogP contribution in [0.15, 0.2) is 54.6 Å². The Morgan fingerprint density at radius 1 is 1.04 bits per heavy atom. The Hall–Kier alpha value is -2.66. The third-order valence-electron chi connectivity index (χ3n) is 5.47. The standard InChI is InChI=1S/C23H26N2O3/c1-2-22(26)24-19-12-10-18(11-13-19)23(27)25-14-20(16-6-4-3-5-7-16)28-21(15-25)17-8-9-17/h3-7,10-13,17,20-21H,2,8-9,14-15H2,1H3,(H,24,26)/t20-,21+/m0/s1. The lowest BCUT2D eigenvalue weighted by atomic mass is 10.0. The van der Waals surface area contributed by atoms with Gasteiger partial charge < -0.3 is 15.0 Å². The fourth-order valence-electron chi connectivity index (χ4n) is 3.66. The van der Waals surface area contributed by atoms with Crippen LogP contribution >= 0.6 is 0 Å². The Kier molecular flexibility index (Phi) is 5.44. The zero-order valence-corrected chi connectivity index (χ0v) is 16.1. The lowest BCUT2D eigenvalue weighted by Crippen LogP contribution is -2.47. The molecule has 2 aliphatic rings. The largest absolute Gasteiger partial charge is 0.366 e. The summed E-state index contributed by atoms with van der Waals surface area (Å²) >= 11 is 0. The Labute approximate surface area is 165 Å². The molecule has 1 aliphatic carbocycles. The van der Waals surface area contributed by atoms with Crippen molar-refractivity contribution in [2.24, 2.45) is 5.92 Å². The molecule has 2 amide bonds. The van der Waals surface area contributed by atoms with Crippen molar-refractivity contribution >= 4 is 17.5 Å². The van der Waals surface area contributed by atoms with Gasteiger partial charge in [0.15, 0.2) is 0 Å².